The van der Waals surface area contributed by atoms with Crippen molar-refractivity contribution in [2.45, 2.75) is 5.03 Å². The van der Waals surface area contributed by atoms with E-state index >= 15 is 0 Å². The molecular formula is C7H7N5OS. The van der Waals surface area contributed by atoms with Gasteiger partial charge in [0.1, 0.15) is 5.03 Å². The molecule has 0 saturated carbocycles. The fourth-order valence-corrected chi connectivity index (χ4v) is 1.35. The predicted octanol–water partition coefficient (Wildman–Crippen LogP) is 0.0172. The van der Waals surface area contributed by atoms with Crippen molar-refractivity contribution >= 4 is 28.9 Å². The number of fused-ring (bicyclic) bond motifs is 1. The van der Waals surface area contributed by atoms with Crippen LogP contribution in [0.15, 0.2) is 16.0 Å². The number of nitrogen functional groups attached to an aromatic ring is 1. The van der Waals surface area contributed by atoms with Crippen LogP contribution in [0.4, 0.5) is 5.95 Å². The number of thioether (sulfide) groups is 1. The van der Waals surface area contributed by atoms with Crippen molar-refractivity contribution in [1.82, 2.24) is 19.9 Å². The molecule has 2 aromatic heterocycles. The molecule has 2 aromatic rings. The minimum Gasteiger partial charge on any atom is -0.369 e. The van der Waals surface area contributed by atoms with Crippen LogP contribution < -0.4 is 11.3 Å². The molecule has 0 atom stereocenters. The van der Waals surface area contributed by atoms with Crippen LogP contribution in [-0.4, -0.2) is 26.2 Å². The first-order chi connectivity index (χ1) is 6.70. The van der Waals surface area contributed by atoms with Gasteiger partial charge in [-0.15, -0.1) is 11.8 Å². The second-order valence-electron chi connectivity index (χ2n) is 2.54. The lowest BCUT2D eigenvalue weighted by molar-refractivity contribution is 1.06. The summed E-state index contributed by atoms with van der Waals surface area (Å²) in [5.74, 6) is 0.0510. The van der Waals surface area contributed by atoms with E-state index < -0.39 is 0 Å². The fraction of sp³-hybridized carbons (Fsp3) is 0.143. The Hall–Kier alpha value is -1.63. The number of hydrogen-bond donors (Lipinski definition) is 2. The van der Waals surface area contributed by atoms with Gasteiger partial charge in [-0.05, 0) is 6.26 Å². The molecule has 0 aliphatic rings. The van der Waals surface area contributed by atoms with Crippen LogP contribution in [0.5, 0.6) is 0 Å². The summed E-state index contributed by atoms with van der Waals surface area (Å²) in [4.78, 5) is 25.6. The number of nitrogens with zero attached hydrogens (tertiary/aromatic N) is 3. The highest BCUT2D eigenvalue weighted by Crippen LogP contribution is 2.11. The van der Waals surface area contributed by atoms with Crippen LogP contribution in [0, 0.1) is 0 Å². The van der Waals surface area contributed by atoms with E-state index in [1.807, 2.05) is 6.26 Å². The number of hydrogen-bond acceptors (Lipinski definition) is 6. The first kappa shape index (κ1) is 8.95. The Kier molecular flexibility index (Phi) is 2.08. The zero-order valence-corrected chi connectivity index (χ0v) is 8.13. The largest absolute Gasteiger partial charge is 0.369 e. The van der Waals surface area contributed by atoms with E-state index in [1.165, 1.54) is 18.0 Å². The summed E-state index contributed by atoms with van der Waals surface area (Å²) in [6, 6.07) is 0. The Bertz CT molecular complexity index is 537. The highest BCUT2D eigenvalue weighted by molar-refractivity contribution is 7.98. The van der Waals surface area contributed by atoms with Gasteiger partial charge in [0.25, 0.3) is 5.56 Å². The van der Waals surface area contributed by atoms with E-state index in [9.17, 15) is 4.79 Å². The van der Waals surface area contributed by atoms with Crippen LogP contribution in [0.2, 0.25) is 0 Å². The van der Waals surface area contributed by atoms with Crippen molar-refractivity contribution < 1.29 is 0 Å². The summed E-state index contributed by atoms with van der Waals surface area (Å²) in [6.45, 7) is 0. The lowest BCUT2D eigenvalue weighted by Crippen LogP contribution is -2.13. The molecule has 0 radical (unpaired) electrons. The molecule has 3 N–H and O–H groups in total. The summed E-state index contributed by atoms with van der Waals surface area (Å²) in [5.41, 5.74) is 5.49. The van der Waals surface area contributed by atoms with Gasteiger partial charge < -0.3 is 5.73 Å². The lowest BCUT2D eigenvalue weighted by Gasteiger charge is -1.98. The molecule has 0 aliphatic heterocycles. The monoisotopic (exact) mass is 209 g/mol. The standard InChI is InChI=1S/C7H7N5OS/c1-14-3-2-9-4-5(10-3)11-7(8)12-6(4)13/h2H,1H3,(H3,8,10,11,12,13). The Morgan fingerprint density at radius 1 is 1.50 bits per heavy atom. The maximum absolute atomic E-state index is 11.3. The van der Waals surface area contributed by atoms with Gasteiger partial charge >= 0.3 is 0 Å². The van der Waals surface area contributed by atoms with Crippen molar-refractivity contribution in [3.8, 4) is 0 Å². The third-order valence-corrected chi connectivity index (χ3v) is 2.24. The van der Waals surface area contributed by atoms with E-state index in [1.54, 1.807) is 0 Å². The van der Waals surface area contributed by atoms with Gasteiger partial charge in [-0.3, -0.25) is 9.78 Å². The average Bonchev–Trinajstić information content (AvgIpc) is 2.16. The van der Waals surface area contributed by atoms with Gasteiger partial charge in [0, 0.05) is 0 Å². The minimum atomic E-state index is -0.368. The van der Waals surface area contributed by atoms with Gasteiger partial charge in [0.15, 0.2) is 11.2 Å². The molecule has 14 heavy (non-hydrogen) atoms. The molecule has 0 amide bonds. The number of anilines is 1. The van der Waals surface area contributed by atoms with Crippen molar-refractivity contribution in [3.63, 3.8) is 0 Å². The number of aromatic nitrogens is 4. The van der Waals surface area contributed by atoms with Crippen molar-refractivity contribution in [1.29, 1.82) is 0 Å². The quantitative estimate of drug-likeness (QED) is 0.642. The Labute approximate surface area is 83.0 Å². The Morgan fingerprint density at radius 2 is 2.29 bits per heavy atom. The number of aromatic amines is 1. The molecule has 0 fully saturated rings. The smallest absolute Gasteiger partial charge is 0.280 e. The molecule has 7 heteroatoms. The molecule has 0 aromatic carbocycles. The summed E-state index contributed by atoms with van der Waals surface area (Å²) >= 11 is 1.43. The zero-order valence-electron chi connectivity index (χ0n) is 7.31. The third kappa shape index (κ3) is 1.41. The van der Waals surface area contributed by atoms with Gasteiger partial charge in [0.2, 0.25) is 5.95 Å². The second kappa shape index (κ2) is 3.26. The molecule has 2 heterocycles. The highest BCUT2D eigenvalue weighted by atomic mass is 32.2. The van der Waals surface area contributed by atoms with Crippen LogP contribution in [0.1, 0.15) is 0 Å². The molecule has 2 rings (SSSR count). The SMILES string of the molecule is CSc1cnc2c(=O)[nH]c(N)nc2n1. The van der Waals surface area contributed by atoms with E-state index in [4.69, 9.17) is 5.73 Å². The van der Waals surface area contributed by atoms with Gasteiger partial charge in [0.05, 0.1) is 6.20 Å². The molecule has 6 nitrogen and oxygen atoms in total. The van der Waals surface area contributed by atoms with E-state index in [-0.39, 0.29) is 22.7 Å². The zero-order chi connectivity index (χ0) is 10.1. The van der Waals surface area contributed by atoms with Gasteiger partial charge in [-0.1, -0.05) is 0 Å². The Morgan fingerprint density at radius 3 is 3.00 bits per heavy atom. The van der Waals surface area contributed by atoms with Crippen molar-refractivity contribution in [2.75, 3.05) is 12.0 Å². The normalized spacial score (nSPS) is 10.6. The lowest BCUT2D eigenvalue weighted by atomic mass is 10.5. The molecule has 0 saturated heterocycles. The highest BCUT2D eigenvalue weighted by Gasteiger charge is 2.05. The summed E-state index contributed by atoms with van der Waals surface area (Å²) in [6.07, 6.45) is 3.40. The molecule has 72 valence electrons. The van der Waals surface area contributed by atoms with Crippen LogP contribution in [-0.2, 0) is 0 Å². The van der Waals surface area contributed by atoms with Crippen LogP contribution in [0.3, 0.4) is 0 Å². The molecule has 0 spiro atoms. The minimum absolute atomic E-state index is 0.0510. The number of nitrogens with two attached hydrogens (primary N) is 1. The number of H-pyrrole nitrogens is 1. The van der Waals surface area contributed by atoms with Crippen LogP contribution in [0.25, 0.3) is 11.2 Å². The molecule has 0 aliphatic carbocycles. The summed E-state index contributed by atoms with van der Waals surface area (Å²) in [5, 5.41) is 0.704. The summed E-state index contributed by atoms with van der Waals surface area (Å²) < 4.78 is 0. The fourth-order valence-electron chi connectivity index (χ4n) is 1.02. The first-order valence-electron chi connectivity index (χ1n) is 3.77. The average molecular weight is 209 g/mol. The third-order valence-electron chi connectivity index (χ3n) is 1.62. The van der Waals surface area contributed by atoms with Crippen molar-refractivity contribution in [2.24, 2.45) is 0 Å². The molecule has 0 bridgehead atoms. The number of nitrogens with one attached hydrogen (secondary N) is 1. The Balaban J connectivity index is 2.82. The molecular weight excluding hydrogens is 202 g/mol. The van der Waals surface area contributed by atoms with Crippen molar-refractivity contribution in [3.05, 3.63) is 16.6 Å². The maximum Gasteiger partial charge on any atom is 0.280 e. The van der Waals surface area contributed by atoms with Gasteiger partial charge in [-0.25, -0.2) is 9.97 Å². The first-order valence-corrected chi connectivity index (χ1v) is 4.99. The maximum atomic E-state index is 11.3. The summed E-state index contributed by atoms with van der Waals surface area (Å²) in [7, 11) is 0. The topological polar surface area (TPSA) is 97.5 Å². The van der Waals surface area contributed by atoms with E-state index in [2.05, 4.69) is 19.9 Å². The number of rotatable bonds is 1. The van der Waals surface area contributed by atoms with E-state index in [0.717, 1.165) is 0 Å². The van der Waals surface area contributed by atoms with Gasteiger partial charge in [-0.2, -0.15) is 4.98 Å². The van der Waals surface area contributed by atoms with Crippen LogP contribution >= 0.6 is 11.8 Å². The van der Waals surface area contributed by atoms with E-state index in [0.29, 0.717) is 5.03 Å². The predicted molar refractivity (Wildman–Crippen MR) is 54.1 cm³/mol. The second-order valence-corrected chi connectivity index (χ2v) is 3.36. The molecule has 0 unspecified atom stereocenters.